The molecule has 1 heterocycles. The van der Waals surface area contributed by atoms with Crippen LogP contribution in [0.5, 0.6) is 0 Å². The van der Waals surface area contributed by atoms with E-state index in [1.165, 1.54) is 0 Å². The summed E-state index contributed by atoms with van der Waals surface area (Å²) in [4.78, 5) is 25.9. The van der Waals surface area contributed by atoms with Crippen molar-refractivity contribution >= 4 is 11.8 Å². The highest BCUT2D eigenvalue weighted by atomic mass is 16.5. The third-order valence-electron chi connectivity index (χ3n) is 3.32. The molecule has 2 amide bonds. The Bertz CT molecular complexity index is 557. The van der Waals surface area contributed by atoms with Crippen molar-refractivity contribution in [2.24, 2.45) is 0 Å². The largest absolute Gasteiger partial charge is 0.378 e. The Kier molecular flexibility index (Phi) is 4.90. The van der Waals surface area contributed by atoms with Gasteiger partial charge in [-0.15, -0.1) is 0 Å². The van der Waals surface area contributed by atoms with Gasteiger partial charge in [-0.1, -0.05) is 0 Å². The van der Waals surface area contributed by atoms with Gasteiger partial charge in [0, 0.05) is 18.7 Å². The fraction of sp³-hybridized carbons (Fsp3) is 0.400. The van der Waals surface area contributed by atoms with Gasteiger partial charge in [-0.25, -0.2) is 0 Å². The van der Waals surface area contributed by atoms with E-state index in [0.717, 1.165) is 0 Å². The smallest absolute Gasteiger partial charge is 0.251 e. The van der Waals surface area contributed by atoms with Gasteiger partial charge in [-0.05, 0) is 31.2 Å². The molecule has 1 atom stereocenters. The molecule has 6 nitrogen and oxygen atoms in total. The molecular weight excluding hydrogens is 270 g/mol. The summed E-state index contributed by atoms with van der Waals surface area (Å²) in [5.41, 5.74) is 0.916. The number of benzene rings is 1. The molecule has 1 N–H and O–H groups in total. The number of carbonyl (C=O) groups excluding carboxylic acids is 2. The fourth-order valence-electron chi connectivity index (χ4n) is 2.10. The highest BCUT2D eigenvalue weighted by Gasteiger charge is 2.23. The maximum absolute atomic E-state index is 12.2. The number of morpholine rings is 1. The van der Waals surface area contributed by atoms with Gasteiger partial charge in [-0.2, -0.15) is 5.26 Å². The summed E-state index contributed by atoms with van der Waals surface area (Å²) in [6.45, 7) is 3.83. The predicted molar refractivity (Wildman–Crippen MR) is 75.5 cm³/mol. The van der Waals surface area contributed by atoms with E-state index in [1.54, 1.807) is 36.1 Å². The zero-order chi connectivity index (χ0) is 15.2. The lowest BCUT2D eigenvalue weighted by Crippen LogP contribution is -2.50. The Hall–Kier alpha value is -2.39. The van der Waals surface area contributed by atoms with Gasteiger partial charge in [0.05, 0.1) is 24.8 Å². The van der Waals surface area contributed by atoms with Crippen LogP contribution in [0.25, 0.3) is 0 Å². The molecule has 2 rings (SSSR count). The van der Waals surface area contributed by atoms with Crippen LogP contribution < -0.4 is 5.32 Å². The molecule has 1 aromatic rings. The van der Waals surface area contributed by atoms with Crippen molar-refractivity contribution in [2.45, 2.75) is 13.0 Å². The fourth-order valence-corrected chi connectivity index (χ4v) is 2.10. The minimum Gasteiger partial charge on any atom is -0.378 e. The summed E-state index contributed by atoms with van der Waals surface area (Å²) >= 11 is 0. The first kappa shape index (κ1) is 15.0. The molecule has 1 aliphatic heterocycles. The van der Waals surface area contributed by atoms with E-state index < -0.39 is 6.04 Å². The molecular formula is C15H17N3O3. The molecule has 1 aromatic carbocycles. The van der Waals surface area contributed by atoms with Crippen LogP contribution in [0.3, 0.4) is 0 Å². The van der Waals surface area contributed by atoms with Gasteiger partial charge in [0.2, 0.25) is 5.91 Å². The molecule has 0 bridgehead atoms. The molecule has 110 valence electrons. The Morgan fingerprint density at radius 1 is 1.29 bits per heavy atom. The zero-order valence-corrected chi connectivity index (χ0v) is 11.8. The van der Waals surface area contributed by atoms with Crippen molar-refractivity contribution in [3.05, 3.63) is 35.4 Å². The quantitative estimate of drug-likeness (QED) is 0.879. The van der Waals surface area contributed by atoms with Crippen molar-refractivity contribution in [2.75, 3.05) is 26.3 Å². The monoisotopic (exact) mass is 287 g/mol. The normalized spacial score (nSPS) is 15.9. The van der Waals surface area contributed by atoms with E-state index in [9.17, 15) is 9.59 Å². The van der Waals surface area contributed by atoms with E-state index in [4.69, 9.17) is 10.00 Å². The lowest BCUT2D eigenvalue weighted by Gasteiger charge is -2.29. The Morgan fingerprint density at radius 3 is 2.48 bits per heavy atom. The van der Waals surface area contributed by atoms with E-state index >= 15 is 0 Å². The zero-order valence-electron chi connectivity index (χ0n) is 11.8. The second-order valence-electron chi connectivity index (χ2n) is 4.82. The van der Waals surface area contributed by atoms with Crippen molar-refractivity contribution in [3.63, 3.8) is 0 Å². The van der Waals surface area contributed by atoms with Crippen LogP contribution in [-0.2, 0) is 9.53 Å². The SMILES string of the molecule is CC(NC(=O)c1ccc(C#N)cc1)C(=O)N1CCOCC1. The standard InChI is InChI=1S/C15H17N3O3/c1-11(15(20)18-6-8-21-9-7-18)17-14(19)13-4-2-12(10-16)3-5-13/h2-5,11H,6-9H2,1H3,(H,17,19). The van der Waals surface area contributed by atoms with Crippen LogP contribution in [-0.4, -0.2) is 49.1 Å². The van der Waals surface area contributed by atoms with Crippen LogP contribution >= 0.6 is 0 Å². The third kappa shape index (κ3) is 3.80. The molecule has 6 heteroatoms. The number of hydrogen-bond donors (Lipinski definition) is 1. The first-order valence-electron chi connectivity index (χ1n) is 6.79. The average Bonchev–Trinajstić information content (AvgIpc) is 2.55. The van der Waals surface area contributed by atoms with Crippen LogP contribution in [0.15, 0.2) is 24.3 Å². The number of nitrogens with one attached hydrogen (secondary N) is 1. The molecule has 1 unspecified atom stereocenters. The average molecular weight is 287 g/mol. The molecule has 21 heavy (non-hydrogen) atoms. The van der Waals surface area contributed by atoms with E-state index in [-0.39, 0.29) is 11.8 Å². The molecule has 0 saturated carbocycles. The molecule has 0 spiro atoms. The van der Waals surface area contributed by atoms with Crippen molar-refractivity contribution in [3.8, 4) is 6.07 Å². The molecule has 0 aromatic heterocycles. The van der Waals surface area contributed by atoms with Gasteiger partial charge in [-0.3, -0.25) is 9.59 Å². The predicted octanol–water partition coefficient (Wildman–Crippen LogP) is 0.535. The van der Waals surface area contributed by atoms with Gasteiger partial charge in [0.15, 0.2) is 0 Å². The summed E-state index contributed by atoms with van der Waals surface area (Å²) in [7, 11) is 0. The van der Waals surface area contributed by atoms with Gasteiger partial charge >= 0.3 is 0 Å². The first-order valence-corrected chi connectivity index (χ1v) is 6.79. The summed E-state index contributed by atoms with van der Waals surface area (Å²) < 4.78 is 5.19. The molecule has 1 fully saturated rings. The number of nitriles is 1. The van der Waals surface area contributed by atoms with Crippen molar-refractivity contribution < 1.29 is 14.3 Å². The van der Waals surface area contributed by atoms with E-state index in [0.29, 0.717) is 37.4 Å². The summed E-state index contributed by atoms with van der Waals surface area (Å²) in [5, 5.41) is 11.4. The van der Waals surface area contributed by atoms with E-state index in [2.05, 4.69) is 5.32 Å². The minimum absolute atomic E-state index is 0.111. The molecule has 0 aliphatic carbocycles. The third-order valence-corrected chi connectivity index (χ3v) is 3.32. The highest BCUT2D eigenvalue weighted by Crippen LogP contribution is 2.05. The van der Waals surface area contributed by atoms with Crippen molar-refractivity contribution in [1.82, 2.24) is 10.2 Å². The van der Waals surface area contributed by atoms with Gasteiger partial charge in [0.1, 0.15) is 6.04 Å². The minimum atomic E-state index is -0.591. The second-order valence-corrected chi connectivity index (χ2v) is 4.82. The van der Waals surface area contributed by atoms with Gasteiger partial charge < -0.3 is 15.0 Å². The lowest BCUT2D eigenvalue weighted by atomic mass is 10.1. The maximum atomic E-state index is 12.2. The summed E-state index contributed by atoms with van der Waals surface area (Å²) in [6.07, 6.45) is 0. The Morgan fingerprint density at radius 2 is 1.90 bits per heavy atom. The number of carbonyl (C=O) groups is 2. The summed E-state index contributed by atoms with van der Waals surface area (Å²) in [6, 6.07) is 7.68. The van der Waals surface area contributed by atoms with Crippen LogP contribution in [0.4, 0.5) is 0 Å². The van der Waals surface area contributed by atoms with Crippen LogP contribution in [0.1, 0.15) is 22.8 Å². The molecule has 0 radical (unpaired) electrons. The summed E-state index contributed by atoms with van der Waals surface area (Å²) in [5.74, 6) is -0.436. The van der Waals surface area contributed by atoms with Gasteiger partial charge in [0.25, 0.3) is 5.91 Å². The van der Waals surface area contributed by atoms with Crippen LogP contribution in [0, 0.1) is 11.3 Å². The number of ether oxygens (including phenoxy) is 1. The number of hydrogen-bond acceptors (Lipinski definition) is 4. The number of amides is 2. The van der Waals surface area contributed by atoms with Crippen molar-refractivity contribution in [1.29, 1.82) is 5.26 Å². The molecule has 1 aliphatic rings. The number of nitrogens with zero attached hydrogens (tertiary/aromatic N) is 2. The topological polar surface area (TPSA) is 82.4 Å². The Balaban J connectivity index is 1.94. The highest BCUT2D eigenvalue weighted by molar-refractivity contribution is 5.97. The number of rotatable bonds is 3. The Labute approximate surface area is 123 Å². The first-order chi connectivity index (χ1) is 10.1. The lowest BCUT2D eigenvalue weighted by molar-refractivity contribution is -0.136. The van der Waals surface area contributed by atoms with E-state index in [1.807, 2.05) is 6.07 Å². The maximum Gasteiger partial charge on any atom is 0.251 e. The second kappa shape index (κ2) is 6.86. The molecule has 1 saturated heterocycles. The van der Waals surface area contributed by atoms with Crippen LogP contribution in [0.2, 0.25) is 0 Å².